The van der Waals surface area contributed by atoms with Crippen molar-refractivity contribution in [3.05, 3.63) is 29.8 Å². The third-order valence-corrected chi connectivity index (χ3v) is 5.76. The van der Waals surface area contributed by atoms with Gasteiger partial charge in [0.25, 0.3) is 0 Å². The molecule has 0 amide bonds. The minimum atomic E-state index is -3.29. The standard InChI is InChI=1S/C17H25N5O2S/c1-12(2)22-15(8-9-18-22)14-11-13(3)19-17(20-14)16-7-5-6-10-21(16)25(4,23)24/h8-9,11-12,16H,5-7,10H2,1-4H3/t16-/m1/s1. The Bertz CT molecular complexity index is 860. The van der Waals surface area contributed by atoms with E-state index in [-0.39, 0.29) is 12.1 Å². The van der Waals surface area contributed by atoms with E-state index in [1.54, 1.807) is 6.20 Å². The summed E-state index contributed by atoms with van der Waals surface area (Å²) in [6.45, 7) is 6.58. The van der Waals surface area contributed by atoms with Gasteiger partial charge in [0.15, 0.2) is 0 Å². The Morgan fingerprint density at radius 3 is 2.68 bits per heavy atom. The van der Waals surface area contributed by atoms with E-state index in [9.17, 15) is 8.42 Å². The number of hydrogen-bond donors (Lipinski definition) is 0. The van der Waals surface area contributed by atoms with Crippen LogP contribution in [0.25, 0.3) is 11.4 Å². The maximum atomic E-state index is 12.2. The molecule has 0 aliphatic carbocycles. The number of aromatic nitrogens is 4. The third kappa shape index (κ3) is 3.74. The molecule has 136 valence electrons. The largest absolute Gasteiger partial charge is 0.261 e. The molecule has 0 spiro atoms. The summed E-state index contributed by atoms with van der Waals surface area (Å²) in [5.74, 6) is 0.580. The first-order chi connectivity index (χ1) is 11.8. The van der Waals surface area contributed by atoms with Crippen LogP contribution in [0.5, 0.6) is 0 Å². The van der Waals surface area contributed by atoms with Crippen LogP contribution in [-0.2, 0) is 10.0 Å². The molecule has 2 aromatic rings. The fourth-order valence-electron chi connectivity index (χ4n) is 3.36. The molecule has 8 heteroatoms. The van der Waals surface area contributed by atoms with Crippen molar-refractivity contribution in [3.8, 4) is 11.4 Å². The Kier molecular flexibility index (Phi) is 4.92. The van der Waals surface area contributed by atoms with E-state index >= 15 is 0 Å². The molecule has 0 bridgehead atoms. The molecule has 25 heavy (non-hydrogen) atoms. The van der Waals surface area contributed by atoms with Crippen molar-refractivity contribution >= 4 is 10.0 Å². The lowest BCUT2D eigenvalue weighted by molar-refractivity contribution is 0.248. The van der Waals surface area contributed by atoms with Gasteiger partial charge in [0.2, 0.25) is 10.0 Å². The topological polar surface area (TPSA) is 81.0 Å². The predicted octanol–water partition coefficient (Wildman–Crippen LogP) is 2.72. The predicted molar refractivity (Wildman–Crippen MR) is 96.5 cm³/mol. The van der Waals surface area contributed by atoms with Crippen molar-refractivity contribution in [1.82, 2.24) is 24.1 Å². The van der Waals surface area contributed by atoms with Crippen LogP contribution in [0, 0.1) is 6.92 Å². The lowest BCUT2D eigenvalue weighted by atomic mass is 10.0. The van der Waals surface area contributed by atoms with Crippen molar-refractivity contribution in [2.24, 2.45) is 0 Å². The quantitative estimate of drug-likeness (QED) is 0.834. The highest BCUT2D eigenvalue weighted by atomic mass is 32.2. The van der Waals surface area contributed by atoms with Crippen LogP contribution in [0.15, 0.2) is 18.3 Å². The van der Waals surface area contributed by atoms with Crippen molar-refractivity contribution in [2.75, 3.05) is 12.8 Å². The van der Waals surface area contributed by atoms with Gasteiger partial charge in [0, 0.05) is 24.5 Å². The second-order valence-corrected chi connectivity index (χ2v) is 8.83. The van der Waals surface area contributed by atoms with Gasteiger partial charge < -0.3 is 0 Å². The van der Waals surface area contributed by atoms with E-state index in [0.29, 0.717) is 12.4 Å². The molecule has 0 unspecified atom stereocenters. The SMILES string of the molecule is Cc1cc(-c2ccnn2C(C)C)nc([C@H]2CCCCN2S(C)(=O)=O)n1. The molecule has 0 N–H and O–H groups in total. The van der Waals surface area contributed by atoms with E-state index < -0.39 is 10.0 Å². The number of hydrogen-bond acceptors (Lipinski definition) is 5. The third-order valence-electron chi connectivity index (χ3n) is 4.47. The van der Waals surface area contributed by atoms with Crippen LogP contribution in [-0.4, -0.2) is 45.3 Å². The fourth-order valence-corrected chi connectivity index (χ4v) is 4.48. The summed E-state index contributed by atoms with van der Waals surface area (Å²) < 4.78 is 27.8. The molecular formula is C17H25N5O2S. The first-order valence-electron chi connectivity index (χ1n) is 8.63. The highest BCUT2D eigenvalue weighted by molar-refractivity contribution is 7.88. The van der Waals surface area contributed by atoms with Crippen LogP contribution in [0.2, 0.25) is 0 Å². The van der Waals surface area contributed by atoms with Crippen LogP contribution in [0.3, 0.4) is 0 Å². The highest BCUT2D eigenvalue weighted by Gasteiger charge is 2.32. The molecule has 1 aliphatic heterocycles. The van der Waals surface area contributed by atoms with Gasteiger partial charge in [0.1, 0.15) is 5.82 Å². The first kappa shape index (κ1) is 18.0. The van der Waals surface area contributed by atoms with Crippen molar-refractivity contribution in [3.63, 3.8) is 0 Å². The van der Waals surface area contributed by atoms with Gasteiger partial charge >= 0.3 is 0 Å². The lowest BCUT2D eigenvalue weighted by Gasteiger charge is -2.32. The van der Waals surface area contributed by atoms with Gasteiger partial charge in [-0.3, -0.25) is 4.68 Å². The van der Waals surface area contributed by atoms with Crippen molar-refractivity contribution in [1.29, 1.82) is 0 Å². The molecule has 3 rings (SSSR count). The molecular weight excluding hydrogens is 338 g/mol. The molecule has 0 aromatic carbocycles. The van der Waals surface area contributed by atoms with E-state index in [1.165, 1.54) is 10.6 Å². The molecule has 1 saturated heterocycles. The number of nitrogens with zero attached hydrogens (tertiary/aromatic N) is 5. The van der Waals surface area contributed by atoms with E-state index in [4.69, 9.17) is 4.98 Å². The zero-order valence-electron chi connectivity index (χ0n) is 15.2. The summed E-state index contributed by atoms with van der Waals surface area (Å²) in [6, 6.07) is 3.78. The fraction of sp³-hybridized carbons (Fsp3) is 0.588. The monoisotopic (exact) mass is 363 g/mol. The maximum Gasteiger partial charge on any atom is 0.211 e. The Hall–Kier alpha value is -1.80. The van der Waals surface area contributed by atoms with Crippen LogP contribution in [0.4, 0.5) is 0 Å². The number of sulfonamides is 1. The summed E-state index contributed by atoms with van der Waals surface area (Å²) >= 11 is 0. The van der Waals surface area contributed by atoms with Gasteiger partial charge in [-0.1, -0.05) is 6.42 Å². The average molecular weight is 363 g/mol. The second-order valence-electron chi connectivity index (χ2n) is 6.89. The maximum absolute atomic E-state index is 12.2. The minimum absolute atomic E-state index is 0.214. The Morgan fingerprint density at radius 2 is 2.00 bits per heavy atom. The molecule has 1 fully saturated rings. The molecule has 1 atom stereocenters. The van der Waals surface area contributed by atoms with E-state index in [0.717, 1.165) is 36.3 Å². The number of rotatable bonds is 4. The zero-order valence-corrected chi connectivity index (χ0v) is 16.0. The Balaban J connectivity index is 2.06. The summed E-state index contributed by atoms with van der Waals surface area (Å²) in [4.78, 5) is 9.29. The summed E-state index contributed by atoms with van der Waals surface area (Å²) in [5, 5.41) is 4.37. The van der Waals surface area contributed by atoms with Crippen LogP contribution in [0.1, 0.15) is 56.7 Å². The Morgan fingerprint density at radius 1 is 1.24 bits per heavy atom. The molecule has 2 aromatic heterocycles. The van der Waals surface area contributed by atoms with Crippen molar-refractivity contribution in [2.45, 2.75) is 52.1 Å². The van der Waals surface area contributed by atoms with Gasteiger partial charge in [-0.25, -0.2) is 18.4 Å². The van der Waals surface area contributed by atoms with Gasteiger partial charge in [-0.2, -0.15) is 9.40 Å². The molecule has 1 aliphatic rings. The van der Waals surface area contributed by atoms with Gasteiger partial charge in [-0.05, 0) is 45.7 Å². The van der Waals surface area contributed by atoms with Crippen LogP contribution < -0.4 is 0 Å². The summed E-state index contributed by atoms with van der Waals surface area (Å²) in [6.07, 6.45) is 5.63. The van der Waals surface area contributed by atoms with E-state index in [1.807, 2.05) is 23.7 Å². The summed E-state index contributed by atoms with van der Waals surface area (Å²) in [5.41, 5.74) is 2.53. The minimum Gasteiger partial charge on any atom is -0.261 e. The second kappa shape index (κ2) is 6.84. The van der Waals surface area contributed by atoms with Gasteiger partial charge in [0.05, 0.1) is 23.7 Å². The lowest BCUT2D eigenvalue weighted by Crippen LogP contribution is -2.38. The molecule has 7 nitrogen and oxygen atoms in total. The Labute approximate surface area is 149 Å². The zero-order chi connectivity index (χ0) is 18.2. The van der Waals surface area contributed by atoms with E-state index in [2.05, 4.69) is 23.9 Å². The molecule has 3 heterocycles. The van der Waals surface area contributed by atoms with Crippen LogP contribution >= 0.6 is 0 Å². The number of aryl methyl sites for hydroxylation is 1. The van der Waals surface area contributed by atoms with Crippen molar-refractivity contribution < 1.29 is 8.42 Å². The average Bonchev–Trinajstić information content (AvgIpc) is 3.03. The first-order valence-corrected chi connectivity index (χ1v) is 10.5. The normalized spacial score (nSPS) is 19.5. The van der Waals surface area contributed by atoms with Gasteiger partial charge in [-0.15, -0.1) is 0 Å². The number of piperidine rings is 1. The molecule has 0 radical (unpaired) electrons. The highest BCUT2D eigenvalue weighted by Crippen LogP contribution is 2.32. The smallest absolute Gasteiger partial charge is 0.211 e. The summed E-state index contributed by atoms with van der Waals surface area (Å²) in [7, 11) is -3.29. The molecule has 0 saturated carbocycles.